The molecule has 1 aromatic carbocycles. The SMILES string of the molecule is CC(=O)C1=Cc2cc(F)c(F)cc2OC1. The first kappa shape index (κ1) is 9.83. The van der Waals surface area contributed by atoms with E-state index in [0.29, 0.717) is 11.1 Å². The number of ether oxygens (including phenoxy) is 1. The first-order valence-corrected chi connectivity index (χ1v) is 4.41. The van der Waals surface area contributed by atoms with Gasteiger partial charge in [-0.1, -0.05) is 0 Å². The highest BCUT2D eigenvalue weighted by molar-refractivity contribution is 5.98. The molecule has 0 aliphatic carbocycles. The minimum Gasteiger partial charge on any atom is -0.488 e. The van der Waals surface area contributed by atoms with E-state index >= 15 is 0 Å². The van der Waals surface area contributed by atoms with Gasteiger partial charge < -0.3 is 4.74 Å². The Morgan fingerprint density at radius 1 is 1.33 bits per heavy atom. The van der Waals surface area contributed by atoms with E-state index in [0.717, 1.165) is 12.1 Å². The van der Waals surface area contributed by atoms with E-state index in [4.69, 9.17) is 4.74 Å². The number of carbonyl (C=O) groups excluding carboxylic acids is 1. The van der Waals surface area contributed by atoms with Gasteiger partial charge in [0.25, 0.3) is 0 Å². The van der Waals surface area contributed by atoms with Gasteiger partial charge in [-0.25, -0.2) is 8.78 Å². The highest BCUT2D eigenvalue weighted by atomic mass is 19.2. The molecule has 0 fully saturated rings. The first-order chi connectivity index (χ1) is 7.08. The molecule has 0 radical (unpaired) electrons. The van der Waals surface area contributed by atoms with Crippen LogP contribution in [0.15, 0.2) is 17.7 Å². The van der Waals surface area contributed by atoms with E-state index in [2.05, 4.69) is 0 Å². The number of rotatable bonds is 1. The molecule has 0 unspecified atom stereocenters. The van der Waals surface area contributed by atoms with Gasteiger partial charge in [0.1, 0.15) is 12.4 Å². The molecule has 0 aromatic heterocycles. The van der Waals surface area contributed by atoms with Gasteiger partial charge in [0, 0.05) is 17.2 Å². The molecule has 0 amide bonds. The fourth-order valence-corrected chi connectivity index (χ4v) is 1.37. The zero-order valence-electron chi connectivity index (χ0n) is 8.01. The molecule has 15 heavy (non-hydrogen) atoms. The van der Waals surface area contributed by atoms with Gasteiger partial charge in [0.05, 0.1) is 0 Å². The summed E-state index contributed by atoms with van der Waals surface area (Å²) in [5.74, 6) is -1.77. The van der Waals surface area contributed by atoms with E-state index < -0.39 is 11.6 Å². The van der Waals surface area contributed by atoms with Gasteiger partial charge in [-0.2, -0.15) is 0 Å². The fraction of sp³-hybridized carbons (Fsp3) is 0.182. The quantitative estimate of drug-likeness (QED) is 0.711. The zero-order chi connectivity index (χ0) is 11.0. The van der Waals surface area contributed by atoms with Crippen molar-refractivity contribution in [3.05, 3.63) is 34.9 Å². The molecular formula is C11H8F2O2. The monoisotopic (exact) mass is 210 g/mol. The van der Waals surface area contributed by atoms with E-state index in [1.165, 1.54) is 13.0 Å². The second kappa shape index (κ2) is 3.46. The molecule has 2 rings (SSSR count). The molecule has 1 aromatic rings. The number of halogens is 2. The van der Waals surface area contributed by atoms with Crippen molar-refractivity contribution in [1.29, 1.82) is 0 Å². The number of fused-ring (bicyclic) bond motifs is 1. The second-order valence-electron chi connectivity index (χ2n) is 3.32. The lowest BCUT2D eigenvalue weighted by atomic mass is 10.0. The summed E-state index contributed by atoms with van der Waals surface area (Å²) in [6, 6.07) is 2.00. The third kappa shape index (κ3) is 1.75. The van der Waals surface area contributed by atoms with E-state index in [-0.39, 0.29) is 18.1 Å². The van der Waals surface area contributed by atoms with Crippen molar-refractivity contribution in [3.8, 4) is 5.75 Å². The van der Waals surface area contributed by atoms with Crippen LogP contribution < -0.4 is 4.74 Å². The molecule has 0 bridgehead atoms. The number of ketones is 1. The number of hydrogen-bond donors (Lipinski definition) is 0. The lowest BCUT2D eigenvalue weighted by Gasteiger charge is -2.16. The number of carbonyl (C=O) groups is 1. The van der Waals surface area contributed by atoms with Crippen LogP contribution in [0.4, 0.5) is 8.78 Å². The van der Waals surface area contributed by atoms with Gasteiger partial charge >= 0.3 is 0 Å². The summed E-state index contributed by atoms with van der Waals surface area (Å²) in [6.45, 7) is 1.51. The van der Waals surface area contributed by atoms with Crippen molar-refractivity contribution < 1.29 is 18.3 Å². The molecule has 0 saturated heterocycles. The maximum absolute atomic E-state index is 12.9. The third-order valence-corrected chi connectivity index (χ3v) is 2.22. The third-order valence-electron chi connectivity index (χ3n) is 2.22. The maximum atomic E-state index is 12.9. The lowest BCUT2D eigenvalue weighted by Crippen LogP contribution is -2.13. The van der Waals surface area contributed by atoms with Crippen LogP contribution in [-0.2, 0) is 4.79 Å². The molecule has 1 aliphatic rings. The van der Waals surface area contributed by atoms with Crippen LogP contribution in [-0.4, -0.2) is 12.4 Å². The standard InChI is InChI=1S/C11H8F2O2/c1-6(14)8-2-7-3-9(12)10(13)4-11(7)15-5-8/h2-4H,5H2,1H3. The largest absolute Gasteiger partial charge is 0.488 e. The Bertz CT molecular complexity index is 464. The normalized spacial score (nSPS) is 13.9. The van der Waals surface area contributed by atoms with Crippen LogP contribution in [0.3, 0.4) is 0 Å². The fourth-order valence-electron chi connectivity index (χ4n) is 1.37. The average molecular weight is 210 g/mol. The Balaban J connectivity index is 2.51. The Morgan fingerprint density at radius 2 is 2.00 bits per heavy atom. The van der Waals surface area contributed by atoms with E-state index in [1.54, 1.807) is 0 Å². The van der Waals surface area contributed by atoms with Crippen LogP contribution >= 0.6 is 0 Å². The average Bonchev–Trinajstić information content (AvgIpc) is 2.19. The summed E-state index contributed by atoms with van der Waals surface area (Å²) < 4.78 is 30.8. The van der Waals surface area contributed by atoms with E-state index in [9.17, 15) is 13.6 Å². The Kier molecular flexibility index (Phi) is 2.26. The first-order valence-electron chi connectivity index (χ1n) is 4.41. The van der Waals surface area contributed by atoms with Gasteiger partial charge in [0.15, 0.2) is 17.4 Å². The van der Waals surface area contributed by atoms with Crippen molar-refractivity contribution in [1.82, 2.24) is 0 Å². The van der Waals surface area contributed by atoms with Crippen LogP contribution in [0.5, 0.6) is 5.75 Å². The van der Waals surface area contributed by atoms with Crippen molar-refractivity contribution >= 4 is 11.9 Å². The van der Waals surface area contributed by atoms with Gasteiger partial charge in [-0.15, -0.1) is 0 Å². The zero-order valence-corrected chi connectivity index (χ0v) is 8.01. The van der Waals surface area contributed by atoms with Gasteiger partial charge in [-0.05, 0) is 19.1 Å². The molecule has 0 saturated carbocycles. The van der Waals surface area contributed by atoms with E-state index in [1.807, 2.05) is 0 Å². The van der Waals surface area contributed by atoms with Crippen molar-refractivity contribution in [2.45, 2.75) is 6.92 Å². The lowest BCUT2D eigenvalue weighted by molar-refractivity contribution is -0.113. The van der Waals surface area contributed by atoms with Crippen LogP contribution in [0.1, 0.15) is 12.5 Å². The Morgan fingerprint density at radius 3 is 2.67 bits per heavy atom. The molecule has 0 N–H and O–H groups in total. The van der Waals surface area contributed by atoms with Crippen molar-refractivity contribution in [3.63, 3.8) is 0 Å². The van der Waals surface area contributed by atoms with Crippen LogP contribution in [0.2, 0.25) is 0 Å². The van der Waals surface area contributed by atoms with Crippen molar-refractivity contribution in [2.24, 2.45) is 0 Å². The molecule has 2 nitrogen and oxygen atoms in total. The predicted molar refractivity (Wildman–Crippen MR) is 50.5 cm³/mol. The Labute approximate surface area is 85.2 Å². The summed E-state index contributed by atoms with van der Waals surface area (Å²) in [4.78, 5) is 11.0. The molecule has 0 spiro atoms. The summed E-state index contributed by atoms with van der Waals surface area (Å²) >= 11 is 0. The summed E-state index contributed by atoms with van der Waals surface area (Å²) in [6.07, 6.45) is 1.52. The summed E-state index contributed by atoms with van der Waals surface area (Å²) in [5, 5.41) is 0. The molecule has 78 valence electrons. The van der Waals surface area contributed by atoms with Gasteiger partial charge in [-0.3, -0.25) is 4.79 Å². The highest BCUT2D eigenvalue weighted by Crippen LogP contribution is 2.28. The highest BCUT2D eigenvalue weighted by Gasteiger charge is 2.17. The topological polar surface area (TPSA) is 26.3 Å². The maximum Gasteiger partial charge on any atom is 0.162 e. The number of Topliss-reactive ketones (excluding diaryl/α,β-unsaturated/α-hetero) is 1. The number of hydrogen-bond acceptors (Lipinski definition) is 2. The molecule has 1 heterocycles. The predicted octanol–water partition coefficient (Wildman–Crippen LogP) is 2.33. The smallest absolute Gasteiger partial charge is 0.162 e. The molecule has 0 atom stereocenters. The van der Waals surface area contributed by atoms with Gasteiger partial charge in [0.2, 0.25) is 0 Å². The minimum absolute atomic E-state index is 0.105. The summed E-state index contributed by atoms with van der Waals surface area (Å²) in [7, 11) is 0. The Hall–Kier alpha value is -1.71. The van der Waals surface area contributed by atoms with Crippen LogP contribution in [0, 0.1) is 11.6 Å². The number of benzene rings is 1. The minimum atomic E-state index is -0.951. The molecule has 4 heteroatoms. The molecule has 1 aliphatic heterocycles. The second-order valence-corrected chi connectivity index (χ2v) is 3.32. The molecular weight excluding hydrogens is 202 g/mol. The summed E-state index contributed by atoms with van der Waals surface area (Å²) in [5.41, 5.74) is 0.846. The van der Waals surface area contributed by atoms with Crippen molar-refractivity contribution in [2.75, 3.05) is 6.61 Å². The van der Waals surface area contributed by atoms with Crippen LogP contribution in [0.25, 0.3) is 6.08 Å².